The monoisotopic (exact) mass is 333 g/mol. The molecule has 1 amide bonds. The molecule has 0 saturated carbocycles. The van der Waals surface area contributed by atoms with Crippen molar-refractivity contribution >= 4 is 45.1 Å². The first-order valence-corrected chi connectivity index (χ1v) is 8.75. The van der Waals surface area contributed by atoms with Gasteiger partial charge < -0.3 is 4.42 Å². The van der Waals surface area contributed by atoms with Crippen molar-refractivity contribution in [2.45, 2.75) is 24.6 Å². The molecule has 1 aromatic carbocycles. The van der Waals surface area contributed by atoms with Crippen molar-refractivity contribution in [3.05, 3.63) is 35.6 Å². The molecule has 0 spiro atoms. The number of amides is 1. The molecule has 3 aromatic rings. The van der Waals surface area contributed by atoms with E-state index in [-0.39, 0.29) is 5.91 Å². The predicted octanol–water partition coefficient (Wildman–Crippen LogP) is 4.35. The Morgan fingerprint density at radius 1 is 1.36 bits per heavy atom. The lowest BCUT2D eigenvalue weighted by atomic mass is 10.1. The minimum absolute atomic E-state index is 0.295. The zero-order valence-corrected chi connectivity index (χ0v) is 13.9. The lowest BCUT2D eigenvalue weighted by Gasteiger charge is -1.98. The molecule has 22 heavy (non-hydrogen) atoms. The summed E-state index contributed by atoms with van der Waals surface area (Å²) in [7, 11) is 0. The van der Waals surface area contributed by atoms with Gasteiger partial charge in [-0.1, -0.05) is 48.2 Å². The maximum absolute atomic E-state index is 12.4. The van der Waals surface area contributed by atoms with Gasteiger partial charge >= 0.3 is 0 Å². The summed E-state index contributed by atoms with van der Waals surface area (Å²) in [5, 5.41) is 12.2. The van der Waals surface area contributed by atoms with Gasteiger partial charge in [0.2, 0.25) is 5.13 Å². The van der Waals surface area contributed by atoms with E-state index in [4.69, 9.17) is 4.42 Å². The topological polar surface area (TPSA) is 68.0 Å². The highest BCUT2D eigenvalue weighted by atomic mass is 32.2. The second-order valence-corrected chi connectivity index (χ2v) is 7.05. The van der Waals surface area contributed by atoms with E-state index >= 15 is 0 Å². The molecule has 0 aliphatic carbocycles. The Kier molecular flexibility index (Phi) is 4.44. The quantitative estimate of drug-likeness (QED) is 0.555. The number of nitrogens with one attached hydrogen (secondary N) is 1. The second kappa shape index (κ2) is 6.50. The summed E-state index contributed by atoms with van der Waals surface area (Å²) in [5.41, 5.74) is 1.54. The molecular formula is C15H15N3O2S2. The van der Waals surface area contributed by atoms with E-state index in [1.54, 1.807) is 11.8 Å². The molecule has 1 N–H and O–H groups in total. The van der Waals surface area contributed by atoms with Crippen LogP contribution in [0.15, 0.2) is 33.0 Å². The number of hydrogen-bond donors (Lipinski definition) is 1. The number of thioether (sulfide) groups is 1. The molecule has 2 aromatic heterocycles. The van der Waals surface area contributed by atoms with Crippen molar-refractivity contribution in [2.24, 2.45) is 0 Å². The maximum atomic E-state index is 12.4. The Morgan fingerprint density at radius 3 is 2.95 bits per heavy atom. The predicted molar refractivity (Wildman–Crippen MR) is 89.8 cm³/mol. The number of hydrogen-bond acceptors (Lipinski definition) is 6. The lowest BCUT2D eigenvalue weighted by molar-refractivity contribution is 0.0998. The third-order valence-electron chi connectivity index (χ3n) is 3.11. The van der Waals surface area contributed by atoms with Crippen LogP contribution in [0.4, 0.5) is 5.13 Å². The number of carbonyl (C=O) groups excluding carboxylic acids is 1. The van der Waals surface area contributed by atoms with E-state index in [0.717, 1.165) is 27.5 Å². The number of anilines is 1. The van der Waals surface area contributed by atoms with E-state index < -0.39 is 0 Å². The third kappa shape index (κ3) is 3.00. The van der Waals surface area contributed by atoms with Crippen LogP contribution in [0.25, 0.3) is 11.0 Å². The van der Waals surface area contributed by atoms with Crippen LogP contribution in [0.2, 0.25) is 0 Å². The van der Waals surface area contributed by atoms with Gasteiger partial charge in [0, 0.05) is 16.7 Å². The Hall–Kier alpha value is -1.86. The van der Waals surface area contributed by atoms with Crippen LogP contribution in [0.1, 0.15) is 29.5 Å². The number of rotatable bonds is 5. The number of para-hydroxylation sites is 1. The van der Waals surface area contributed by atoms with Crippen LogP contribution >= 0.6 is 23.1 Å². The molecule has 2 heterocycles. The lowest BCUT2D eigenvalue weighted by Crippen LogP contribution is -2.11. The van der Waals surface area contributed by atoms with Gasteiger partial charge in [0.25, 0.3) is 5.91 Å². The summed E-state index contributed by atoms with van der Waals surface area (Å²) >= 11 is 3.02. The minimum Gasteiger partial charge on any atom is -0.451 e. The molecule has 0 bridgehead atoms. The Bertz CT molecular complexity index is 810. The fourth-order valence-corrected chi connectivity index (χ4v) is 3.73. The average molecular weight is 333 g/mol. The molecule has 7 heteroatoms. The number of benzene rings is 1. The molecule has 114 valence electrons. The van der Waals surface area contributed by atoms with Crippen LogP contribution in [-0.4, -0.2) is 21.9 Å². The molecule has 5 nitrogen and oxygen atoms in total. The first-order valence-electron chi connectivity index (χ1n) is 6.95. The molecule has 0 aliphatic rings. The maximum Gasteiger partial charge on any atom is 0.293 e. The summed E-state index contributed by atoms with van der Waals surface area (Å²) in [6, 6.07) is 7.60. The van der Waals surface area contributed by atoms with E-state index in [2.05, 4.69) is 22.4 Å². The number of aryl methyl sites for hydroxylation is 1. The number of nitrogens with zero attached hydrogens (tertiary/aromatic N) is 2. The van der Waals surface area contributed by atoms with Crippen LogP contribution in [0.5, 0.6) is 0 Å². The standard InChI is InChI=1S/C15H15N3O2S2/c1-3-8-21-15-18-17-14(22-15)16-13(19)12-9(2)10-6-4-5-7-11(10)20-12/h4-7H,3,8H2,1-2H3,(H,16,17,19). The number of aromatic nitrogens is 2. The molecule has 0 unspecified atom stereocenters. The Labute approximate surface area is 136 Å². The largest absolute Gasteiger partial charge is 0.451 e. The Morgan fingerprint density at radius 2 is 2.18 bits per heavy atom. The van der Waals surface area contributed by atoms with Crippen molar-refractivity contribution in [1.29, 1.82) is 0 Å². The first-order chi connectivity index (χ1) is 10.7. The summed E-state index contributed by atoms with van der Waals surface area (Å²) in [6.45, 7) is 3.99. The van der Waals surface area contributed by atoms with Gasteiger partial charge in [0.05, 0.1) is 0 Å². The average Bonchev–Trinajstić information content (AvgIpc) is 3.10. The molecule has 0 fully saturated rings. The van der Waals surface area contributed by atoms with Crippen molar-refractivity contribution in [2.75, 3.05) is 11.1 Å². The minimum atomic E-state index is -0.295. The zero-order valence-electron chi connectivity index (χ0n) is 12.3. The van der Waals surface area contributed by atoms with E-state index in [9.17, 15) is 4.79 Å². The highest BCUT2D eigenvalue weighted by Gasteiger charge is 2.18. The van der Waals surface area contributed by atoms with Gasteiger partial charge in [-0.25, -0.2) is 0 Å². The van der Waals surface area contributed by atoms with Gasteiger partial charge in [-0.05, 0) is 19.4 Å². The van der Waals surface area contributed by atoms with Gasteiger partial charge in [0.15, 0.2) is 10.1 Å². The fraction of sp³-hybridized carbons (Fsp3) is 0.267. The molecule has 3 rings (SSSR count). The van der Waals surface area contributed by atoms with Gasteiger partial charge in [-0.2, -0.15) is 0 Å². The number of furan rings is 1. The van der Waals surface area contributed by atoms with E-state index in [1.807, 2.05) is 31.2 Å². The van der Waals surface area contributed by atoms with Crippen LogP contribution < -0.4 is 5.32 Å². The summed E-state index contributed by atoms with van der Waals surface area (Å²) in [4.78, 5) is 12.4. The fourth-order valence-electron chi connectivity index (χ4n) is 2.05. The molecule has 0 atom stereocenters. The molecule has 0 radical (unpaired) electrons. The molecule has 0 saturated heterocycles. The van der Waals surface area contributed by atoms with Gasteiger partial charge in [0.1, 0.15) is 5.58 Å². The summed E-state index contributed by atoms with van der Waals surface area (Å²) < 4.78 is 6.50. The van der Waals surface area contributed by atoms with Crippen LogP contribution in [0.3, 0.4) is 0 Å². The van der Waals surface area contributed by atoms with Crippen LogP contribution in [-0.2, 0) is 0 Å². The molecule has 0 aliphatic heterocycles. The highest BCUT2D eigenvalue weighted by molar-refractivity contribution is 8.01. The summed E-state index contributed by atoms with van der Waals surface area (Å²) in [5.74, 6) is 1.02. The second-order valence-electron chi connectivity index (χ2n) is 4.73. The van der Waals surface area contributed by atoms with Crippen molar-refractivity contribution in [1.82, 2.24) is 10.2 Å². The molecular weight excluding hydrogens is 318 g/mol. The van der Waals surface area contributed by atoms with Gasteiger partial charge in [-0.15, -0.1) is 10.2 Å². The smallest absolute Gasteiger partial charge is 0.293 e. The Balaban J connectivity index is 1.78. The van der Waals surface area contributed by atoms with Crippen molar-refractivity contribution in [3.63, 3.8) is 0 Å². The summed E-state index contributed by atoms with van der Waals surface area (Å²) in [6.07, 6.45) is 1.07. The normalized spacial score (nSPS) is 11.0. The SMILES string of the molecule is CCCSc1nnc(NC(=O)c2oc3ccccc3c2C)s1. The first kappa shape index (κ1) is 15.1. The van der Waals surface area contributed by atoms with Crippen molar-refractivity contribution < 1.29 is 9.21 Å². The highest BCUT2D eigenvalue weighted by Crippen LogP contribution is 2.28. The zero-order chi connectivity index (χ0) is 15.5. The number of carbonyl (C=O) groups is 1. The van der Waals surface area contributed by atoms with E-state index in [0.29, 0.717) is 16.5 Å². The van der Waals surface area contributed by atoms with Gasteiger partial charge in [-0.3, -0.25) is 10.1 Å². The van der Waals surface area contributed by atoms with E-state index in [1.165, 1.54) is 11.3 Å². The van der Waals surface area contributed by atoms with Crippen LogP contribution in [0, 0.1) is 6.92 Å². The van der Waals surface area contributed by atoms with Crippen molar-refractivity contribution in [3.8, 4) is 0 Å². The third-order valence-corrected chi connectivity index (χ3v) is 5.28. The number of fused-ring (bicyclic) bond motifs is 1.